The summed E-state index contributed by atoms with van der Waals surface area (Å²) in [4.78, 5) is 12.1. The topological polar surface area (TPSA) is 47.6 Å². The second-order valence-electron chi connectivity index (χ2n) is 5.66. The van der Waals surface area contributed by atoms with Crippen molar-refractivity contribution in [2.75, 3.05) is 20.8 Å². The molecule has 0 unspecified atom stereocenters. The van der Waals surface area contributed by atoms with Gasteiger partial charge in [-0.15, -0.1) is 0 Å². The van der Waals surface area contributed by atoms with Crippen molar-refractivity contribution in [1.29, 1.82) is 0 Å². The van der Waals surface area contributed by atoms with E-state index in [-0.39, 0.29) is 5.91 Å². The molecule has 1 fully saturated rings. The van der Waals surface area contributed by atoms with E-state index in [2.05, 4.69) is 5.32 Å². The van der Waals surface area contributed by atoms with E-state index in [1.807, 2.05) is 18.2 Å². The molecule has 0 radical (unpaired) electrons. The number of methoxy groups -OCH3 is 2. The molecule has 0 aliphatic heterocycles. The lowest BCUT2D eigenvalue weighted by molar-refractivity contribution is -0.120. The average Bonchev–Trinajstić information content (AvgIpc) is 2.54. The molecule has 0 bridgehead atoms. The zero-order chi connectivity index (χ0) is 15.1. The maximum Gasteiger partial charge on any atom is 0.224 e. The molecule has 4 nitrogen and oxygen atoms in total. The van der Waals surface area contributed by atoms with Gasteiger partial charge in [0.1, 0.15) is 11.5 Å². The van der Waals surface area contributed by atoms with E-state index in [4.69, 9.17) is 9.47 Å². The second-order valence-corrected chi connectivity index (χ2v) is 5.66. The van der Waals surface area contributed by atoms with Gasteiger partial charge in [0.2, 0.25) is 5.91 Å². The summed E-state index contributed by atoms with van der Waals surface area (Å²) < 4.78 is 10.5. The molecule has 1 aromatic carbocycles. The predicted octanol–water partition coefficient (Wildman–Crippen LogP) is 2.94. The SMILES string of the molecule is COc1ccc(CC(=O)NCC2CCCCC2)c(OC)c1. The number of rotatable bonds is 6. The summed E-state index contributed by atoms with van der Waals surface area (Å²) in [5, 5.41) is 3.06. The van der Waals surface area contributed by atoms with Gasteiger partial charge in [-0.25, -0.2) is 0 Å². The number of carbonyl (C=O) groups is 1. The summed E-state index contributed by atoms with van der Waals surface area (Å²) in [6.07, 6.45) is 6.77. The van der Waals surface area contributed by atoms with E-state index < -0.39 is 0 Å². The van der Waals surface area contributed by atoms with E-state index in [0.717, 1.165) is 17.9 Å². The first-order valence-electron chi connectivity index (χ1n) is 7.70. The van der Waals surface area contributed by atoms with Crippen LogP contribution < -0.4 is 14.8 Å². The highest BCUT2D eigenvalue weighted by atomic mass is 16.5. The lowest BCUT2D eigenvalue weighted by Gasteiger charge is -2.21. The van der Waals surface area contributed by atoms with Gasteiger partial charge in [-0.2, -0.15) is 0 Å². The van der Waals surface area contributed by atoms with Crippen LogP contribution in [0.4, 0.5) is 0 Å². The van der Waals surface area contributed by atoms with Crippen LogP contribution >= 0.6 is 0 Å². The van der Waals surface area contributed by atoms with Gasteiger partial charge in [0.25, 0.3) is 0 Å². The molecule has 1 aliphatic rings. The molecule has 0 heterocycles. The zero-order valence-corrected chi connectivity index (χ0v) is 13.0. The van der Waals surface area contributed by atoms with E-state index in [0.29, 0.717) is 18.1 Å². The fraction of sp³-hybridized carbons (Fsp3) is 0.588. The number of hydrogen-bond acceptors (Lipinski definition) is 3. The molecule has 1 aliphatic carbocycles. The third-order valence-electron chi connectivity index (χ3n) is 4.16. The number of nitrogens with one attached hydrogen (secondary N) is 1. The van der Waals surface area contributed by atoms with Crippen molar-refractivity contribution >= 4 is 5.91 Å². The van der Waals surface area contributed by atoms with Crippen LogP contribution in [0.25, 0.3) is 0 Å². The van der Waals surface area contributed by atoms with Crippen LogP contribution in [-0.4, -0.2) is 26.7 Å². The molecule has 1 saturated carbocycles. The Kier molecular flexibility index (Phi) is 5.90. The molecule has 1 N–H and O–H groups in total. The number of carbonyl (C=O) groups excluding carboxylic acids is 1. The summed E-state index contributed by atoms with van der Waals surface area (Å²) in [6.45, 7) is 0.803. The standard InChI is InChI=1S/C17H25NO3/c1-20-15-9-8-14(16(11-15)21-2)10-17(19)18-12-13-6-4-3-5-7-13/h8-9,11,13H,3-7,10,12H2,1-2H3,(H,18,19). The summed E-state index contributed by atoms with van der Waals surface area (Å²) in [5.74, 6) is 2.14. The van der Waals surface area contributed by atoms with Crippen molar-refractivity contribution in [3.63, 3.8) is 0 Å². The molecule has 1 aromatic rings. The first kappa shape index (κ1) is 15.7. The van der Waals surface area contributed by atoms with Gasteiger partial charge >= 0.3 is 0 Å². The van der Waals surface area contributed by atoms with Crippen LogP contribution in [0.5, 0.6) is 11.5 Å². The minimum atomic E-state index is 0.0593. The van der Waals surface area contributed by atoms with Crippen molar-refractivity contribution in [1.82, 2.24) is 5.32 Å². The van der Waals surface area contributed by atoms with Crippen LogP contribution in [0.3, 0.4) is 0 Å². The largest absolute Gasteiger partial charge is 0.497 e. The van der Waals surface area contributed by atoms with Crippen molar-refractivity contribution in [2.24, 2.45) is 5.92 Å². The molecule has 116 valence electrons. The fourth-order valence-electron chi connectivity index (χ4n) is 2.88. The Morgan fingerprint density at radius 3 is 2.62 bits per heavy atom. The molecule has 4 heteroatoms. The van der Waals surface area contributed by atoms with Crippen molar-refractivity contribution in [2.45, 2.75) is 38.5 Å². The Bertz CT molecular complexity index is 467. The Hall–Kier alpha value is -1.71. The van der Waals surface area contributed by atoms with Gasteiger partial charge in [-0.3, -0.25) is 4.79 Å². The first-order chi connectivity index (χ1) is 10.2. The number of benzene rings is 1. The van der Waals surface area contributed by atoms with Crippen LogP contribution in [0.2, 0.25) is 0 Å². The third kappa shape index (κ3) is 4.66. The van der Waals surface area contributed by atoms with Crippen molar-refractivity contribution in [3.8, 4) is 11.5 Å². The minimum Gasteiger partial charge on any atom is -0.497 e. The Balaban J connectivity index is 1.86. The average molecular weight is 291 g/mol. The quantitative estimate of drug-likeness (QED) is 0.876. The normalized spacial score (nSPS) is 15.5. The molecule has 0 saturated heterocycles. The molecule has 0 aromatic heterocycles. The van der Waals surface area contributed by atoms with E-state index in [1.165, 1.54) is 32.1 Å². The van der Waals surface area contributed by atoms with Crippen LogP contribution in [0, 0.1) is 5.92 Å². The van der Waals surface area contributed by atoms with Crippen LogP contribution in [-0.2, 0) is 11.2 Å². The Morgan fingerprint density at radius 2 is 1.95 bits per heavy atom. The maximum absolute atomic E-state index is 12.1. The second kappa shape index (κ2) is 7.91. The molecule has 0 spiro atoms. The van der Waals surface area contributed by atoms with E-state index in [1.54, 1.807) is 14.2 Å². The summed E-state index contributed by atoms with van der Waals surface area (Å²) >= 11 is 0. The van der Waals surface area contributed by atoms with E-state index in [9.17, 15) is 4.79 Å². The van der Waals surface area contributed by atoms with Gasteiger partial charge in [0.15, 0.2) is 0 Å². The Morgan fingerprint density at radius 1 is 1.19 bits per heavy atom. The molecular weight excluding hydrogens is 266 g/mol. The predicted molar refractivity (Wildman–Crippen MR) is 82.8 cm³/mol. The molecule has 2 rings (SSSR count). The first-order valence-corrected chi connectivity index (χ1v) is 7.70. The van der Waals surface area contributed by atoms with Crippen molar-refractivity contribution in [3.05, 3.63) is 23.8 Å². The van der Waals surface area contributed by atoms with Gasteiger partial charge < -0.3 is 14.8 Å². The molecule has 0 atom stereocenters. The third-order valence-corrected chi connectivity index (χ3v) is 4.16. The summed E-state index contributed by atoms with van der Waals surface area (Å²) in [5.41, 5.74) is 0.888. The minimum absolute atomic E-state index is 0.0593. The van der Waals surface area contributed by atoms with E-state index >= 15 is 0 Å². The van der Waals surface area contributed by atoms with Crippen molar-refractivity contribution < 1.29 is 14.3 Å². The molecule has 21 heavy (non-hydrogen) atoms. The van der Waals surface area contributed by atoms with Crippen LogP contribution in [0.1, 0.15) is 37.7 Å². The molecular formula is C17H25NO3. The van der Waals surface area contributed by atoms with Crippen LogP contribution in [0.15, 0.2) is 18.2 Å². The Labute approximate surface area is 126 Å². The molecule has 1 amide bonds. The zero-order valence-electron chi connectivity index (χ0n) is 13.0. The van der Waals surface area contributed by atoms with Gasteiger partial charge in [0.05, 0.1) is 20.6 Å². The highest BCUT2D eigenvalue weighted by molar-refractivity contribution is 5.79. The van der Waals surface area contributed by atoms with Gasteiger partial charge in [0, 0.05) is 18.2 Å². The number of amides is 1. The summed E-state index contributed by atoms with van der Waals surface area (Å²) in [6, 6.07) is 5.55. The smallest absolute Gasteiger partial charge is 0.224 e. The number of hydrogen-bond donors (Lipinski definition) is 1. The lowest BCUT2D eigenvalue weighted by atomic mass is 9.89. The summed E-state index contributed by atoms with van der Waals surface area (Å²) in [7, 11) is 3.23. The monoisotopic (exact) mass is 291 g/mol. The number of ether oxygens (including phenoxy) is 2. The lowest BCUT2D eigenvalue weighted by Crippen LogP contribution is -2.31. The highest BCUT2D eigenvalue weighted by Crippen LogP contribution is 2.25. The van der Waals surface area contributed by atoms with Gasteiger partial charge in [-0.05, 0) is 24.8 Å². The van der Waals surface area contributed by atoms with Gasteiger partial charge in [-0.1, -0.05) is 25.3 Å². The highest BCUT2D eigenvalue weighted by Gasteiger charge is 2.15. The fourth-order valence-corrected chi connectivity index (χ4v) is 2.88. The maximum atomic E-state index is 12.1.